The number of nitrogens with one attached hydrogen (secondary N) is 2. The zero-order valence-corrected chi connectivity index (χ0v) is 12.4. The largest absolute Gasteiger partial charge is 0.493 e. The van der Waals surface area contributed by atoms with E-state index < -0.39 is 6.09 Å². The van der Waals surface area contributed by atoms with Gasteiger partial charge in [0.05, 0.1) is 21.3 Å². The van der Waals surface area contributed by atoms with Gasteiger partial charge in [-0.3, -0.25) is 10.2 Å². The van der Waals surface area contributed by atoms with Crippen molar-refractivity contribution in [1.82, 2.24) is 10.9 Å². The second-order valence-electron chi connectivity index (χ2n) is 4.21. The van der Waals surface area contributed by atoms with Crippen LogP contribution in [0.25, 0.3) is 0 Å². The summed E-state index contributed by atoms with van der Waals surface area (Å²) in [7, 11) is 4.38. The number of hydrogen-bond donors (Lipinski definition) is 2. The van der Waals surface area contributed by atoms with Crippen LogP contribution in [0.15, 0.2) is 18.2 Å². The topological polar surface area (TPSA) is 85.9 Å². The second kappa shape index (κ2) is 8.68. The lowest BCUT2D eigenvalue weighted by Gasteiger charge is -2.09. The molecule has 0 aliphatic carbocycles. The first-order valence-electron chi connectivity index (χ1n) is 6.44. The Bertz CT molecular complexity index is 490. The molecule has 0 fully saturated rings. The molecule has 0 bridgehead atoms. The van der Waals surface area contributed by atoms with E-state index in [1.807, 2.05) is 18.2 Å². The molecule has 0 aromatic heterocycles. The zero-order chi connectivity index (χ0) is 15.7. The first-order valence-corrected chi connectivity index (χ1v) is 6.44. The summed E-state index contributed by atoms with van der Waals surface area (Å²) in [5.74, 6) is 1.05. The Hall–Kier alpha value is -2.44. The van der Waals surface area contributed by atoms with E-state index in [-0.39, 0.29) is 5.91 Å². The zero-order valence-electron chi connectivity index (χ0n) is 12.4. The number of ether oxygens (including phenoxy) is 3. The normalized spacial score (nSPS) is 9.67. The van der Waals surface area contributed by atoms with Crippen LogP contribution in [0, 0.1) is 0 Å². The van der Waals surface area contributed by atoms with E-state index in [4.69, 9.17) is 9.47 Å². The lowest BCUT2D eigenvalue weighted by Crippen LogP contribution is -2.41. The average molecular weight is 296 g/mol. The monoisotopic (exact) mass is 296 g/mol. The Labute approximate surface area is 123 Å². The van der Waals surface area contributed by atoms with Crippen LogP contribution < -0.4 is 20.3 Å². The highest BCUT2D eigenvalue weighted by Gasteiger charge is 2.07. The molecule has 1 aromatic rings. The Morgan fingerprint density at radius 3 is 2.38 bits per heavy atom. The van der Waals surface area contributed by atoms with E-state index in [0.29, 0.717) is 30.8 Å². The number of benzene rings is 1. The van der Waals surface area contributed by atoms with Crippen LogP contribution in [0.4, 0.5) is 4.79 Å². The van der Waals surface area contributed by atoms with Gasteiger partial charge in [0.1, 0.15) is 0 Å². The minimum atomic E-state index is -0.705. The maximum Gasteiger partial charge on any atom is 0.425 e. The van der Waals surface area contributed by atoms with Gasteiger partial charge < -0.3 is 14.2 Å². The van der Waals surface area contributed by atoms with Crippen LogP contribution in [0.5, 0.6) is 11.5 Å². The van der Waals surface area contributed by atoms with Crippen LogP contribution in [-0.4, -0.2) is 33.3 Å². The van der Waals surface area contributed by atoms with Gasteiger partial charge >= 0.3 is 6.09 Å². The fourth-order valence-corrected chi connectivity index (χ4v) is 1.72. The summed E-state index contributed by atoms with van der Waals surface area (Å²) >= 11 is 0. The van der Waals surface area contributed by atoms with Crippen molar-refractivity contribution < 1.29 is 23.8 Å². The molecule has 0 aliphatic rings. The van der Waals surface area contributed by atoms with Gasteiger partial charge in [-0.05, 0) is 30.5 Å². The standard InChI is InChI=1S/C14H20N2O5/c1-19-11-8-7-10(9-12(11)20-2)5-4-6-13(17)15-16-14(18)21-3/h7-9H,4-6H2,1-3H3,(H,15,17)(H,16,18). The molecule has 2 N–H and O–H groups in total. The van der Waals surface area contributed by atoms with E-state index in [1.54, 1.807) is 14.2 Å². The molecule has 0 aliphatic heterocycles. The van der Waals surface area contributed by atoms with E-state index in [0.717, 1.165) is 5.56 Å². The Morgan fingerprint density at radius 2 is 1.76 bits per heavy atom. The predicted molar refractivity (Wildman–Crippen MR) is 76.2 cm³/mol. The van der Waals surface area contributed by atoms with Crippen molar-refractivity contribution in [3.63, 3.8) is 0 Å². The van der Waals surface area contributed by atoms with Gasteiger partial charge in [0.15, 0.2) is 11.5 Å². The maximum atomic E-state index is 11.5. The predicted octanol–water partition coefficient (Wildman–Crippen LogP) is 1.41. The lowest BCUT2D eigenvalue weighted by molar-refractivity contribution is -0.122. The molecular formula is C14H20N2O5. The molecule has 0 atom stereocenters. The number of rotatable bonds is 6. The quantitative estimate of drug-likeness (QED) is 0.775. The van der Waals surface area contributed by atoms with Crippen molar-refractivity contribution in [3.8, 4) is 11.5 Å². The van der Waals surface area contributed by atoms with Crippen LogP contribution in [0.3, 0.4) is 0 Å². The maximum absolute atomic E-state index is 11.5. The van der Waals surface area contributed by atoms with Gasteiger partial charge in [0, 0.05) is 6.42 Å². The lowest BCUT2D eigenvalue weighted by atomic mass is 10.1. The molecule has 0 saturated heterocycles. The van der Waals surface area contributed by atoms with E-state index in [2.05, 4.69) is 15.6 Å². The van der Waals surface area contributed by atoms with Crippen LogP contribution >= 0.6 is 0 Å². The fraction of sp³-hybridized carbons (Fsp3) is 0.429. The first kappa shape index (κ1) is 16.6. The molecule has 0 radical (unpaired) electrons. The van der Waals surface area contributed by atoms with Gasteiger partial charge in [0.25, 0.3) is 0 Å². The second-order valence-corrected chi connectivity index (χ2v) is 4.21. The minimum Gasteiger partial charge on any atom is -0.493 e. The minimum absolute atomic E-state index is 0.277. The molecule has 0 heterocycles. The van der Waals surface area contributed by atoms with Crippen molar-refractivity contribution in [1.29, 1.82) is 0 Å². The molecule has 7 nitrogen and oxygen atoms in total. The summed E-state index contributed by atoms with van der Waals surface area (Å²) in [4.78, 5) is 22.2. The molecule has 0 saturated carbocycles. The molecular weight excluding hydrogens is 276 g/mol. The average Bonchev–Trinajstić information content (AvgIpc) is 2.52. The summed E-state index contributed by atoms with van der Waals surface area (Å²) in [6.45, 7) is 0. The number of hydrogen-bond acceptors (Lipinski definition) is 5. The fourth-order valence-electron chi connectivity index (χ4n) is 1.72. The van der Waals surface area contributed by atoms with E-state index >= 15 is 0 Å². The number of carbonyl (C=O) groups excluding carboxylic acids is 2. The summed E-state index contributed by atoms with van der Waals surface area (Å²) in [5, 5.41) is 0. The van der Waals surface area contributed by atoms with E-state index in [1.165, 1.54) is 7.11 Å². The number of carbonyl (C=O) groups is 2. The van der Waals surface area contributed by atoms with E-state index in [9.17, 15) is 9.59 Å². The van der Waals surface area contributed by atoms with Gasteiger partial charge in [0.2, 0.25) is 5.91 Å². The first-order chi connectivity index (χ1) is 10.1. The molecule has 2 amide bonds. The van der Waals surface area contributed by atoms with Gasteiger partial charge in [-0.2, -0.15) is 0 Å². The van der Waals surface area contributed by atoms with Crippen molar-refractivity contribution in [2.75, 3.05) is 21.3 Å². The molecule has 21 heavy (non-hydrogen) atoms. The van der Waals surface area contributed by atoms with Crippen molar-refractivity contribution >= 4 is 12.0 Å². The number of methoxy groups -OCH3 is 3. The highest BCUT2D eigenvalue weighted by molar-refractivity contribution is 5.78. The molecule has 0 spiro atoms. The summed E-state index contributed by atoms with van der Waals surface area (Å²) in [5.41, 5.74) is 5.41. The molecule has 1 rings (SSSR count). The van der Waals surface area contributed by atoms with Gasteiger partial charge in [-0.15, -0.1) is 0 Å². The van der Waals surface area contributed by atoms with Crippen LogP contribution in [0.2, 0.25) is 0 Å². The van der Waals surface area contributed by atoms with Crippen LogP contribution in [0.1, 0.15) is 18.4 Å². The van der Waals surface area contributed by atoms with Crippen LogP contribution in [-0.2, 0) is 16.0 Å². The molecule has 7 heteroatoms. The third kappa shape index (κ3) is 5.60. The number of hydrazine groups is 1. The Kier molecular flexibility index (Phi) is 6.86. The SMILES string of the molecule is COC(=O)NNC(=O)CCCc1ccc(OC)c(OC)c1. The highest BCUT2D eigenvalue weighted by Crippen LogP contribution is 2.28. The van der Waals surface area contributed by atoms with Crippen molar-refractivity contribution in [2.24, 2.45) is 0 Å². The Balaban J connectivity index is 2.38. The smallest absolute Gasteiger partial charge is 0.425 e. The molecule has 1 aromatic carbocycles. The molecule has 116 valence electrons. The third-order valence-corrected chi connectivity index (χ3v) is 2.81. The summed E-state index contributed by atoms with van der Waals surface area (Å²) in [6.07, 6.45) is 0.942. The number of amides is 2. The summed E-state index contributed by atoms with van der Waals surface area (Å²) in [6, 6.07) is 5.63. The molecule has 0 unspecified atom stereocenters. The third-order valence-electron chi connectivity index (χ3n) is 2.81. The summed E-state index contributed by atoms with van der Waals surface area (Å²) < 4.78 is 14.7. The van der Waals surface area contributed by atoms with Crippen molar-refractivity contribution in [3.05, 3.63) is 23.8 Å². The van der Waals surface area contributed by atoms with Crippen molar-refractivity contribution in [2.45, 2.75) is 19.3 Å². The highest BCUT2D eigenvalue weighted by atomic mass is 16.5. The van der Waals surface area contributed by atoms with Gasteiger partial charge in [-0.25, -0.2) is 10.2 Å². The Morgan fingerprint density at radius 1 is 1.05 bits per heavy atom. The van der Waals surface area contributed by atoms with Gasteiger partial charge in [-0.1, -0.05) is 6.07 Å². The number of aryl methyl sites for hydroxylation is 1.